The van der Waals surface area contributed by atoms with Gasteiger partial charge in [-0.1, -0.05) is 0 Å². The molecule has 2 N–H and O–H groups in total. The van der Waals surface area contributed by atoms with E-state index in [4.69, 9.17) is 4.98 Å². The Hall–Kier alpha value is -1.13. The SMILES string of the molecule is Cc1sc(CC2CCCN2)nc1-c1cc[nH]c1. The molecule has 2 aromatic rings. The van der Waals surface area contributed by atoms with Crippen molar-refractivity contribution in [2.24, 2.45) is 0 Å². The van der Waals surface area contributed by atoms with Crippen LogP contribution in [-0.4, -0.2) is 22.6 Å². The zero-order valence-corrected chi connectivity index (χ0v) is 10.8. The molecule has 1 unspecified atom stereocenters. The fourth-order valence-electron chi connectivity index (χ4n) is 2.42. The molecule has 0 aromatic carbocycles. The van der Waals surface area contributed by atoms with Crippen molar-refractivity contribution in [3.05, 3.63) is 28.3 Å². The van der Waals surface area contributed by atoms with Gasteiger partial charge in [0.2, 0.25) is 0 Å². The van der Waals surface area contributed by atoms with Crippen molar-refractivity contribution in [3.63, 3.8) is 0 Å². The molecule has 0 saturated carbocycles. The van der Waals surface area contributed by atoms with Gasteiger partial charge in [0, 0.05) is 35.3 Å². The Kier molecular flexibility index (Phi) is 2.99. The summed E-state index contributed by atoms with van der Waals surface area (Å²) < 4.78 is 0. The van der Waals surface area contributed by atoms with Crippen LogP contribution >= 0.6 is 11.3 Å². The molecular formula is C13H17N3S. The summed E-state index contributed by atoms with van der Waals surface area (Å²) in [5.41, 5.74) is 2.34. The minimum absolute atomic E-state index is 0.639. The Bertz CT molecular complexity index is 481. The van der Waals surface area contributed by atoms with Crippen molar-refractivity contribution < 1.29 is 0 Å². The van der Waals surface area contributed by atoms with E-state index in [2.05, 4.69) is 23.3 Å². The first-order valence-corrected chi connectivity index (χ1v) is 6.97. The molecule has 3 rings (SSSR count). The average molecular weight is 247 g/mol. The molecule has 3 nitrogen and oxygen atoms in total. The number of H-pyrrole nitrogens is 1. The highest BCUT2D eigenvalue weighted by Gasteiger charge is 2.17. The van der Waals surface area contributed by atoms with Gasteiger partial charge in [0.1, 0.15) is 0 Å². The van der Waals surface area contributed by atoms with Gasteiger partial charge >= 0.3 is 0 Å². The number of aryl methyl sites for hydroxylation is 1. The average Bonchev–Trinajstić information content (AvgIpc) is 3.00. The van der Waals surface area contributed by atoms with Crippen LogP contribution < -0.4 is 5.32 Å². The van der Waals surface area contributed by atoms with Crippen LogP contribution in [0.25, 0.3) is 11.3 Å². The number of rotatable bonds is 3. The third kappa shape index (κ3) is 2.28. The standard InChI is InChI=1S/C13H17N3S/c1-9-13(10-4-6-14-8-10)16-12(17-9)7-11-3-2-5-15-11/h4,6,8,11,14-15H,2-3,5,7H2,1H3. The van der Waals surface area contributed by atoms with Gasteiger partial charge in [-0.2, -0.15) is 0 Å². The Labute approximate surface area is 105 Å². The maximum atomic E-state index is 4.77. The fourth-order valence-corrected chi connectivity index (χ4v) is 3.45. The normalized spacial score (nSPS) is 19.9. The van der Waals surface area contributed by atoms with Crippen LogP contribution in [-0.2, 0) is 6.42 Å². The maximum Gasteiger partial charge on any atom is 0.0950 e. The number of hydrogen-bond acceptors (Lipinski definition) is 3. The van der Waals surface area contributed by atoms with E-state index in [1.165, 1.54) is 34.8 Å². The highest BCUT2D eigenvalue weighted by molar-refractivity contribution is 7.12. The fraction of sp³-hybridized carbons (Fsp3) is 0.462. The van der Waals surface area contributed by atoms with Crippen molar-refractivity contribution in [1.29, 1.82) is 0 Å². The van der Waals surface area contributed by atoms with E-state index in [1.54, 1.807) is 0 Å². The van der Waals surface area contributed by atoms with Gasteiger partial charge in [0.25, 0.3) is 0 Å². The molecule has 0 bridgehead atoms. The number of thiazole rings is 1. The van der Waals surface area contributed by atoms with Gasteiger partial charge in [0.15, 0.2) is 0 Å². The quantitative estimate of drug-likeness (QED) is 0.875. The third-order valence-electron chi connectivity index (χ3n) is 3.30. The predicted octanol–water partition coefficient (Wildman–Crippen LogP) is 2.74. The van der Waals surface area contributed by atoms with Crippen LogP contribution in [0.3, 0.4) is 0 Å². The monoisotopic (exact) mass is 247 g/mol. The van der Waals surface area contributed by atoms with Crippen LogP contribution in [0.5, 0.6) is 0 Å². The van der Waals surface area contributed by atoms with Crippen molar-refractivity contribution >= 4 is 11.3 Å². The molecule has 1 saturated heterocycles. The molecule has 0 aliphatic carbocycles. The lowest BCUT2D eigenvalue weighted by atomic mass is 10.2. The first-order chi connectivity index (χ1) is 8.33. The third-order valence-corrected chi connectivity index (χ3v) is 4.29. The minimum Gasteiger partial charge on any atom is -0.367 e. The summed E-state index contributed by atoms with van der Waals surface area (Å²) in [6.45, 7) is 3.32. The van der Waals surface area contributed by atoms with Gasteiger partial charge in [0.05, 0.1) is 10.7 Å². The zero-order valence-electron chi connectivity index (χ0n) is 9.99. The molecule has 17 heavy (non-hydrogen) atoms. The second kappa shape index (κ2) is 4.63. The van der Waals surface area contributed by atoms with E-state index < -0.39 is 0 Å². The van der Waals surface area contributed by atoms with Crippen LogP contribution in [0, 0.1) is 6.92 Å². The van der Waals surface area contributed by atoms with Gasteiger partial charge in [-0.25, -0.2) is 4.98 Å². The maximum absolute atomic E-state index is 4.77. The number of nitrogens with zero attached hydrogens (tertiary/aromatic N) is 1. The molecule has 3 heterocycles. The molecule has 2 aromatic heterocycles. The Morgan fingerprint density at radius 1 is 1.53 bits per heavy atom. The van der Waals surface area contributed by atoms with E-state index in [-0.39, 0.29) is 0 Å². The van der Waals surface area contributed by atoms with Gasteiger partial charge in [-0.05, 0) is 32.4 Å². The van der Waals surface area contributed by atoms with Crippen LogP contribution in [0.15, 0.2) is 18.5 Å². The number of aromatic nitrogens is 2. The molecule has 4 heteroatoms. The highest BCUT2D eigenvalue weighted by atomic mass is 32.1. The summed E-state index contributed by atoms with van der Waals surface area (Å²) in [7, 11) is 0. The van der Waals surface area contributed by atoms with E-state index >= 15 is 0 Å². The topological polar surface area (TPSA) is 40.7 Å². The molecule has 1 aliphatic rings. The van der Waals surface area contributed by atoms with Crippen molar-refractivity contribution in [1.82, 2.24) is 15.3 Å². The summed E-state index contributed by atoms with van der Waals surface area (Å²) in [6.07, 6.45) is 7.64. The molecule has 0 radical (unpaired) electrons. The summed E-state index contributed by atoms with van der Waals surface area (Å²) in [5, 5.41) is 4.79. The molecule has 1 atom stereocenters. The largest absolute Gasteiger partial charge is 0.367 e. The predicted molar refractivity (Wildman–Crippen MR) is 71.4 cm³/mol. The van der Waals surface area contributed by atoms with Crippen molar-refractivity contribution in [2.75, 3.05) is 6.54 Å². The smallest absolute Gasteiger partial charge is 0.0950 e. The lowest BCUT2D eigenvalue weighted by Gasteiger charge is -2.06. The molecule has 0 amide bonds. The minimum atomic E-state index is 0.639. The molecule has 1 aliphatic heterocycles. The van der Waals surface area contributed by atoms with Crippen LogP contribution in [0.1, 0.15) is 22.7 Å². The molecule has 90 valence electrons. The second-order valence-corrected chi connectivity index (χ2v) is 5.90. The Balaban J connectivity index is 1.80. The highest BCUT2D eigenvalue weighted by Crippen LogP contribution is 2.28. The molecular weight excluding hydrogens is 230 g/mol. The summed E-state index contributed by atoms with van der Waals surface area (Å²) in [5.74, 6) is 0. The van der Waals surface area contributed by atoms with Gasteiger partial charge in [-0.3, -0.25) is 0 Å². The van der Waals surface area contributed by atoms with Gasteiger partial charge < -0.3 is 10.3 Å². The van der Waals surface area contributed by atoms with Crippen molar-refractivity contribution in [3.8, 4) is 11.3 Å². The van der Waals surface area contributed by atoms with Crippen LogP contribution in [0.2, 0.25) is 0 Å². The van der Waals surface area contributed by atoms with E-state index in [9.17, 15) is 0 Å². The van der Waals surface area contributed by atoms with Crippen molar-refractivity contribution in [2.45, 2.75) is 32.2 Å². The molecule has 1 fully saturated rings. The number of hydrogen-bond donors (Lipinski definition) is 2. The second-order valence-electron chi connectivity index (χ2n) is 4.61. The van der Waals surface area contributed by atoms with E-state index in [1.807, 2.05) is 23.7 Å². The lowest BCUT2D eigenvalue weighted by molar-refractivity contribution is 0.601. The zero-order chi connectivity index (χ0) is 11.7. The Morgan fingerprint density at radius 2 is 2.47 bits per heavy atom. The Morgan fingerprint density at radius 3 is 3.18 bits per heavy atom. The van der Waals surface area contributed by atoms with Crippen LogP contribution in [0.4, 0.5) is 0 Å². The molecule has 0 spiro atoms. The van der Waals surface area contributed by atoms with E-state index in [0.717, 1.165) is 12.1 Å². The first-order valence-electron chi connectivity index (χ1n) is 6.16. The van der Waals surface area contributed by atoms with E-state index in [0.29, 0.717) is 6.04 Å². The first kappa shape index (κ1) is 11.0. The summed E-state index contributed by atoms with van der Waals surface area (Å²) in [4.78, 5) is 9.18. The summed E-state index contributed by atoms with van der Waals surface area (Å²) in [6, 6.07) is 2.72. The number of aromatic amines is 1. The summed E-state index contributed by atoms with van der Waals surface area (Å²) >= 11 is 1.83. The van der Waals surface area contributed by atoms with Gasteiger partial charge in [-0.15, -0.1) is 11.3 Å². The number of nitrogens with one attached hydrogen (secondary N) is 2. The lowest BCUT2D eigenvalue weighted by Crippen LogP contribution is -2.23.